The number of hydrogen-bond acceptors (Lipinski definition) is 4. The SMILES string of the molecule is CC(=O)Oc1ccccc1Cc1cc(C)on1. The molecule has 0 amide bonds. The Balaban J connectivity index is 2.23. The van der Waals surface area contributed by atoms with Gasteiger partial charge in [-0.05, 0) is 13.0 Å². The fourth-order valence-electron chi connectivity index (χ4n) is 1.60. The Morgan fingerprint density at radius 3 is 2.82 bits per heavy atom. The fraction of sp³-hybridized carbons (Fsp3) is 0.231. The normalized spacial score (nSPS) is 10.2. The predicted octanol–water partition coefficient (Wildman–Crippen LogP) is 2.50. The minimum absolute atomic E-state index is 0.325. The Labute approximate surface area is 99.2 Å². The Kier molecular flexibility index (Phi) is 3.23. The molecule has 1 aromatic carbocycles. The molecule has 2 aromatic rings. The Morgan fingerprint density at radius 1 is 1.41 bits per heavy atom. The van der Waals surface area contributed by atoms with Gasteiger partial charge in [0.05, 0.1) is 5.69 Å². The number of carbonyl (C=O) groups excluding carboxylic acids is 1. The molecule has 4 nitrogen and oxygen atoms in total. The van der Waals surface area contributed by atoms with Crippen molar-refractivity contribution in [1.29, 1.82) is 0 Å². The van der Waals surface area contributed by atoms with Crippen molar-refractivity contribution < 1.29 is 14.1 Å². The van der Waals surface area contributed by atoms with E-state index in [0.717, 1.165) is 17.0 Å². The zero-order chi connectivity index (χ0) is 12.3. The summed E-state index contributed by atoms with van der Waals surface area (Å²) in [6, 6.07) is 9.27. The van der Waals surface area contributed by atoms with Crippen molar-refractivity contribution in [2.75, 3.05) is 0 Å². The van der Waals surface area contributed by atoms with Gasteiger partial charge in [-0.1, -0.05) is 23.4 Å². The van der Waals surface area contributed by atoms with Gasteiger partial charge in [-0.15, -0.1) is 0 Å². The summed E-state index contributed by atoms with van der Waals surface area (Å²) in [6.45, 7) is 3.23. The van der Waals surface area contributed by atoms with E-state index in [1.54, 1.807) is 6.07 Å². The minimum Gasteiger partial charge on any atom is -0.426 e. The molecule has 2 rings (SSSR count). The second kappa shape index (κ2) is 4.82. The summed E-state index contributed by atoms with van der Waals surface area (Å²) in [5.41, 5.74) is 1.73. The maximum absolute atomic E-state index is 11.0. The number of carbonyl (C=O) groups is 1. The van der Waals surface area contributed by atoms with E-state index in [1.165, 1.54) is 6.92 Å². The highest BCUT2D eigenvalue weighted by Crippen LogP contribution is 2.21. The van der Waals surface area contributed by atoms with Gasteiger partial charge in [-0.25, -0.2) is 0 Å². The van der Waals surface area contributed by atoms with Gasteiger partial charge in [0.25, 0.3) is 0 Å². The molecule has 0 saturated carbocycles. The van der Waals surface area contributed by atoms with Gasteiger partial charge in [0, 0.05) is 25.0 Å². The van der Waals surface area contributed by atoms with Gasteiger partial charge in [0.2, 0.25) is 0 Å². The molecule has 17 heavy (non-hydrogen) atoms. The van der Waals surface area contributed by atoms with Crippen molar-refractivity contribution in [3.8, 4) is 5.75 Å². The molecular formula is C13H13NO3. The van der Waals surface area contributed by atoms with Crippen molar-refractivity contribution >= 4 is 5.97 Å². The Bertz CT molecular complexity index is 531. The number of esters is 1. The maximum Gasteiger partial charge on any atom is 0.308 e. The van der Waals surface area contributed by atoms with Crippen molar-refractivity contribution in [2.45, 2.75) is 20.3 Å². The summed E-state index contributed by atoms with van der Waals surface area (Å²) in [5, 5.41) is 3.92. The first-order valence-electron chi connectivity index (χ1n) is 5.33. The summed E-state index contributed by atoms with van der Waals surface area (Å²) in [4.78, 5) is 11.0. The van der Waals surface area contributed by atoms with E-state index in [2.05, 4.69) is 5.16 Å². The summed E-state index contributed by atoms with van der Waals surface area (Å²) in [7, 11) is 0. The quantitative estimate of drug-likeness (QED) is 0.601. The molecule has 0 unspecified atom stereocenters. The van der Waals surface area contributed by atoms with Crippen LogP contribution in [0.25, 0.3) is 0 Å². The van der Waals surface area contributed by atoms with E-state index in [1.807, 2.05) is 31.2 Å². The van der Waals surface area contributed by atoms with Crippen LogP contribution in [0.5, 0.6) is 5.75 Å². The minimum atomic E-state index is -0.325. The van der Waals surface area contributed by atoms with Crippen LogP contribution in [-0.2, 0) is 11.2 Å². The van der Waals surface area contributed by atoms with Crippen LogP contribution in [0.4, 0.5) is 0 Å². The lowest BCUT2D eigenvalue weighted by Crippen LogP contribution is -2.04. The highest BCUT2D eigenvalue weighted by molar-refractivity contribution is 5.69. The number of nitrogens with zero attached hydrogens (tertiary/aromatic N) is 1. The van der Waals surface area contributed by atoms with Crippen LogP contribution in [0.1, 0.15) is 23.9 Å². The van der Waals surface area contributed by atoms with E-state index in [4.69, 9.17) is 9.26 Å². The summed E-state index contributed by atoms with van der Waals surface area (Å²) < 4.78 is 10.1. The monoisotopic (exact) mass is 231 g/mol. The first-order valence-corrected chi connectivity index (χ1v) is 5.33. The average Bonchev–Trinajstić information content (AvgIpc) is 2.66. The van der Waals surface area contributed by atoms with Crippen molar-refractivity contribution in [3.63, 3.8) is 0 Å². The third-order valence-electron chi connectivity index (χ3n) is 2.27. The second-order valence-corrected chi connectivity index (χ2v) is 3.81. The molecule has 0 bridgehead atoms. The first kappa shape index (κ1) is 11.4. The molecule has 0 aliphatic heterocycles. The van der Waals surface area contributed by atoms with Crippen molar-refractivity contribution in [3.05, 3.63) is 47.3 Å². The number of benzene rings is 1. The maximum atomic E-state index is 11.0. The standard InChI is InChI=1S/C13H13NO3/c1-9-7-12(14-17-9)8-11-5-3-4-6-13(11)16-10(2)15/h3-7H,8H2,1-2H3. The molecule has 0 fully saturated rings. The van der Waals surface area contributed by atoms with Crippen LogP contribution in [0.15, 0.2) is 34.9 Å². The van der Waals surface area contributed by atoms with Gasteiger partial charge in [0.1, 0.15) is 11.5 Å². The number of ether oxygens (including phenoxy) is 1. The van der Waals surface area contributed by atoms with E-state index >= 15 is 0 Å². The zero-order valence-electron chi connectivity index (χ0n) is 9.77. The lowest BCUT2D eigenvalue weighted by molar-refractivity contribution is -0.131. The summed E-state index contributed by atoms with van der Waals surface area (Å²) >= 11 is 0. The average molecular weight is 231 g/mol. The van der Waals surface area contributed by atoms with Crippen LogP contribution in [0.2, 0.25) is 0 Å². The number of aromatic nitrogens is 1. The molecule has 0 atom stereocenters. The second-order valence-electron chi connectivity index (χ2n) is 3.81. The third kappa shape index (κ3) is 2.93. The van der Waals surface area contributed by atoms with Gasteiger partial charge in [-0.3, -0.25) is 4.79 Å². The first-order chi connectivity index (χ1) is 8.15. The molecule has 88 valence electrons. The molecule has 0 saturated heterocycles. The molecule has 0 radical (unpaired) electrons. The molecule has 0 spiro atoms. The fourth-order valence-corrected chi connectivity index (χ4v) is 1.60. The van der Waals surface area contributed by atoms with Crippen LogP contribution in [0.3, 0.4) is 0 Å². The summed E-state index contributed by atoms with van der Waals surface area (Å²) in [6.07, 6.45) is 0.584. The molecule has 1 heterocycles. The molecule has 0 aliphatic rings. The molecular weight excluding hydrogens is 218 g/mol. The number of para-hydroxylation sites is 1. The van der Waals surface area contributed by atoms with Crippen molar-refractivity contribution in [1.82, 2.24) is 5.16 Å². The van der Waals surface area contributed by atoms with E-state index in [-0.39, 0.29) is 5.97 Å². The highest BCUT2D eigenvalue weighted by Gasteiger charge is 2.08. The highest BCUT2D eigenvalue weighted by atomic mass is 16.5. The molecule has 0 N–H and O–H groups in total. The largest absolute Gasteiger partial charge is 0.426 e. The lowest BCUT2D eigenvalue weighted by atomic mass is 10.1. The van der Waals surface area contributed by atoms with E-state index < -0.39 is 0 Å². The van der Waals surface area contributed by atoms with Gasteiger partial charge >= 0.3 is 5.97 Å². The lowest BCUT2D eigenvalue weighted by Gasteiger charge is -2.06. The third-order valence-corrected chi connectivity index (χ3v) is 2.27. The number of aryl methyl sites for hydroxylation is 1. The van der Waals surface area contributed by atoms with Crippen LogP contribution in [0, 0.1) is 6.92 Å². The van der Waals surface area contributed by atoms with Crippen LogP contribution >= 0.6 is 0 Å². The van der Waals surface area contributed by atoms with Crippen LogP contribution < -0.4 is 4.74 Å². The van der Waals surface area contributed by atoms with Crippen LogP contribution in [-0.4, -0.2) is 11.1 Å². The number of rotatable bonds is 3. The van der Waals surface area contributed by atoms with Gasteiger partial charge in [0.15, 0.2) is 0 Å². The smallest absolute Gasteiger partial charge is 0.308 e. The zero-order valence-corrected chi connectivity index (χ0v) is 9.77. The Morgan fingerprint density at radius 2 is 2.18 bits per heavy atom. The molecule has 1 aromatic heterocycles. The van der Waals surface area contributed by atoms with Crippen molar-refractivity contribution in [2.24, 2.45) is 0 Å². The molecule has 0 aliphatic carbocycles. The predicted molar refractivity (Wildman–Crippen MR) is 61.8 cm³/mol. The molecule has 4 heteroatoms. The van der Waals surface area contributed by atoms with Gasteiger partial charge < -0.3 is 9.26 Å². The van der Waals surface area contributed by atoms with E-state index in [9.17, 15) is 4.79 Å². The Hall–Kier alpha value is -2.10. The van der Waals surface area contributed by atoms with E-state index in [0.29, 0.717) is 12.2 Å². The number of hydrogen-bond donors (Lipinski definition) is 0. The summed E-state index contributed by atoms with van der Waals surface area (Å²) in [5.74, 6) is 1.01. The van der Waals surface area contributed by atoms with Gasteiger partial charge in [-0.2, -0.15) is 0 Å². The topological polar surface area (TPSA) is 52.3 Å².